The zero-order valence-corrected chi connectivity index (χ0v) is 12.1. The topological polar surface area (TPSA) is 42.0 Å². The van der Waals surface area contributed by atoms with Gasteiger partial charge < -0.3 is 5.32 Å². The van der Waals surface area contributed by atoms with Crippen LogP contribution < -0.4 is 5.32 Å². The van der Waals surface area contributed by atoms with Crippen molar-refractivity contribution in [2.45, 2.75) is 4.90 Å². The first-order valence-electron chi connectivity index (χ1n) is 6.64. The Morgan fingerprint density at radius 3 is 2.67 bits per heavy atom. The van der Waals surface area contributed by atoms with E-state index in [1.807, 2.05) is 60.7 Å². The second-order valence-corrected chi connectivity index (χ2v) is 5.58. The van der Waals surface area contributed by atoms with E-state index in [9.17, 15) is 4.79 Å². The molecule has 104 valence electrons. The molecule has 0 bridgehead atoms. The monoisotopic (exact) mass is 294 g/mol. The summed E-state index contributed by atoms with van der Waals surface area (Å²) in [5.41, 5.74) is 1.57. The smallest absolute Gasteiger partial charge is 0.234 e. The van der Waals surface area contributed by atoms with Crippen molar-refractivity contribution in [3.8, 4) is 0 Å². The molecule has 0 fully saturated rings. The van der Waals surface area contributed by atoms with Crippen LogP contribution in [0, 0.1) is 0 Å². The number of nitrogens with one attached hydrogen (secondary N) is 1. The number of benzene rings is 2. The summed E-state index contributed by atoms with van der Waals surface area (Å²) in [7, 11) is 0. The fourth-order valence-electron chi connectivity index (χ4n) is 2.06. The van der Waals surface area contributed by atoms with Gasteiger partial charge in [-0.25, -0.2) is 0 Å². The summed E-state index contributed by atoms with van der Waals surface area (Å²) >= 11 is 1.52. The SMILES string of the molecule is O=C(CSc1ccccc1)Nc1cccc2cccnc12. The average Bonchev–Trinajstić information content (AvgIpc) is 2.54. The van der Waals surface area contributed by atoms with Crippen LogP contribution in [0.15, 0.2) is 71.8 Å². The average molecular weight is 294 g/mol. The van der Waals surface area contributed by atoms with E-state index in [-0.39, 0.29) is 5.91 Å². The van der Waals surface area contributed by atoms with Crippen LogP contribution in [0.2, 0.25) is 0 Å². The minimum atomic E-state index is -0.0259. The number of pyridine rings is 1. The Balaban J connectivity index is 1.69. The van der Waals surface area contributed by atoms with Gasteiger partial charge in [0.15, 0.2) is 0 Å². The molecule has 1 aromatic heterocycles. The number of fused-ring (bicyclic) bond motifs is 1. The maximum atomic E-state index is 12.1. The Labute approximate surface area is 127 Å². The van der Waals surface area contributed by atoms with Gasteiger partial charge in [-0.05, 0) is 24.3 Å². The molecule has 0 saturated carbocycles. The molecule has 0 radical (unpaired) electrons. The van der Waals surface area contributed by atoms with Gasteiger partial charge in [0.2, 0.25) is 5.91 Å². The van der Waals surface area contributed by atoms with Gasteiger partial charge in [0.25, 0.3) is 0 Å². The Morgan fingerprint density at radius 2 is 1.81 bits per heavy atom. The Bertz CT molecular complexity index is 754. The molecule has 3 nitrogen and oxygen atoms in total. The van der Waals surface area contributed by atoms with Crippen molar-refractivity contribution in [1.82, 2.24) is 4.98 Å². The molecule has 1 amide bonds. The summed E-state index contributed by atoms with van der Waals surface area (Å²) in [5, 5.41) is 3.95. The molecule has 0 unspecified atom stereocenters. The van der Waals surface area contributed by atoms with E-state index in [1.54, 1.807) is 6.20 Å². The molecule has 0 saturated heterocycles. The normalized spacial score (nSPS) is 10.5. The maximum absolute atomic E-state index is 12.1. The second-order valence-electron chi connectivity index (χ2n) is 4.53. The summed E-state index contributed by atoms with van der Waals surface area (Å²) in [6.45, 7) is 0. The van der Waals surface area contributed by atoms with Gasteiger partial charge >= 0.3 is 0 Å². The van der Waals surface area contributed by atoms with Gasteiger partial charge in [0, 0.05) is 16.5 Å². The van der Waals surface area contributed by atoms with E-state index in [1.165, 1.54) is 11.8 Å². The highest BCUT2D eigenvalue weighted by molar-refractivity contribution is 8.00. The first-order valence-corrected chi connectivity index (χ1v) is 7.63. The highest BCUT2D eigenvalue weighted by atomic mass is 32.2. The first kappa shape index (κ1) is 13.6. The Kier molecular flexibility index (Phi) is 4.17. The fourth-order valence-corrected chi connectivity index (χ4v) is 2.78. The van der Waals surface area contributed by atoms with E-state index in [0.717, 1.165) is 21.5 Å². The molecule has 3 rings (SSSR count). The van der Waals surface area contributed by atoms with Gasteiger partial charge in [-0.15, -0.1) is 11.8 Å². The number of hydrogen-bond acceptors (Lipinski definition) is 3. The lowest BCUT2D eigenvalue weighted by Gasteiger charge is -2.07. The fraction of sp³-hybridized carbons (Fsp3) is 0.0588. The molecular formula is C17H14N2OS. The summed E-state index contributed by atoms with van der Waals surface area (Å²) < 4.78 is 0. The molecule has 4 heteroatoms. The van der Waals surface area contributed by atoms with E-state index >= 15 is 0 Å². The maximum Gasteiger partial charge on any atom is 0.234 e. The molecule has 2 aromatic carbocycles. The van der Waals surface area contributed by atoms with Gasteiger partial charge in [-0.3, -0.25) is 9.78 Å². The lowest BCUT2D eigenvalue weighted by molar-refractivity contribution is -0.113. The number of thioether (sulfide) groups is 1. The second kappa shape index (κ2) is 6.41. The van der Waals surface area contributed by atoms with Crippen LogP contribution in [0.1, 0.15) is 0 Å². The quantitative estimate of drug-likeness (QED) is 0.740. The van der Waals surface area contributed by atoms with Crippen LogP contribution >= 0.6 is 11.8 Å². The molecule has 0 spiro atoms. The predicted molar refractivity (Wildman–Crippen MR) is 87.5 cm³/mol. The molecule has 1 N–H and O–H groups in total. The molecule has 0 atom stereocenters. The minimum Gasteiger partial charge on any atom is -0.323 e. The van der Waals surface area contributed by atoms with Gasteiger partial charge in [0.1, 0.15) is 0 Å². The molecule has 1 heterocycles. The van der Waals surface area contributed by atoms with Crippen molar-refractivity contribution < 1.29 is 4.79 Å². The number of rotatable bonds is 4. The van der Waals surface area contributed by atoms with Crippen LogP contribution in [-0.2, 0) is 4.79 Å². The third-order valence-electron chi connectivity index (χ3n) is 3.02. The largest absolute Gasteiger partial charge is 0.323 e. The van der Waals surface area contributed by atoms with E-state index in [4.69, 9.17) is 0 Å². The van der Waals surface area contributed by atoms with Crippen molar-refractivity contribution in [2.24, 2.45) is 0 Å². The van der Waals surface area contributed by atoms with Crippen LogP contribution in [-0.4, -0.2) is 16.6 Å². The zero-order valence-electron chi connectivity index (χ0n) is 11.3. The molecule has 0 aliphatic carbocycles. The summed E-state index contributed by atoms with van der Waals surface area (Å²) in [6, 6.07) is 19.5. The summed E-state index contributed by atoms with van der Waals surface area (Å²) in [4.78, 5) is 17.5. The van der Waals surface area contributed by atoms with Crippen LogP contribution in [0.3, 0.4) is 0 Å². The number of hydrogen-bond donors (Lipinski definition) is 1. The van der Waals surface area contributed by atoms with Crippen molar-refractivity contribution in [3.63, 3.8) is 0 Å². The number of anilines is 1. The third-order valence-corrected chi connectivity index (χ3v) is 4.03. The molecule has 0 aliphatic heterocycles. The number of para-hydroxylation sites is 1. The lowest BCUT2D eigenvalue weighted by Crippen LogP contribution is -2.14. The predicted octanol–water partition coefficient (Wildman–Crippen LogP) is 3.97. The molecular weight excluding hydrogens is 280 g/mol. The van der Waals surface area contributed by atoms with Crippen molar-refractivity contribution in [3.05, 3.63) is 66.9 Å². The third kappa shape index (κ3) is 3.41. The van der Waals surface area contributed by atoms with Crippen LogP contribution in [0.4, 0.5) is 5.69 Å². The first-order chi connectivity index (χ1) is 10.3. The number of amides is 1. The van der Waals surface area contributed by atoms with E-state index in [0.29, 0.717) is 5.75 Å². The number of carbonyl (C=O) groups excluding carboxylic acids is 1. The standard InChI is InChI=1S/C17H14N2OS/c20-16(12-21-14-8-2-1-3-9-14)19-15-10-4-6-13-7-5-11-18-17(13)15/h1-11H,12H2,(H,19,20). The van der Waals surface area contributed by atoms with Crippen molar-refractivity contribution in [1.29, 1.82) is 0 Å². The van der Waals surface area contributed by atoms with Gasteiger partial charge in [-0.2, -0.15) is 0 Å². The van der Waals surface area contributed by atoms with E-state index in [2.05, 4.69) is 10.3 Å². The number of aromatic nitrogens is 1. The van der Waals surface area contributed by atoms with Gasteiger partial charge in [0.05, 0.1) is 17.0 Å². The van der Waals surface area contributed by atoms with E-state index < -0.39 is 0 Å². The van der Waals surface area contributed by atoms with Crippen molar-refractivity contribution in [2.75, 3.05) is 11.1 Å². The zero-order chi connectivity index (χ0) is 14.5. The number of carbonyl (C=O) groups is 1. The summed E-state index contributed by atoms with van der Waals surface area (Å²) in [6.07, 6.45) is 1.73. The van der Waals surface area contributed by atoms with Crippen LogP contribution in [0.5, 0.6) is 0 Å². The molecule has 0 aliphatic rings. The summed E-state index contributed by atoms with van der Waals surface area (Å²) in [5.74, 6) is 0.356. The Morgan fingerprint density at radius 1 is 1.00 bits per heavy atom. The minimum absolute atomic E-state index is 0.0259. The highest BCUT2D eigenvalue weighted by Gasteiger charge is 2.07. The van der Waals surface area contributed by atoms with Gasteiger partial charge in [-0.1, -0.05) is 36.4 Å². The van der Waals surface area contributed by atoms with Crippen molar-refractivity contribution >= 4 is 34.3 Å². The number of nitrogens with zero attached hydrogens (tertiary/aromatic N) is 1. The lowest BCUT2D eigenvalue weighted by atomic mass is 10.2. The Hall–Kier alpha value is -2.33. The molecule has 3 aromatic rings. The highest BCUT2D eigenvalue weighted by Crippen LogP contribution is 2.22. The van der Waals surface area contributed by atoms with Crippen LogP contribution in [0.25, 0.3) is 10.9 Å². The molecule has 21 heavy (non-hydrogen) atoms.